The lowest BCUT2D eigenvalue weighted by Crippen LogP contribution is -2.49. The number of alkyl halides is 2. The lowest BCUT2D eigenvalue weighted by Gasteiger charge is -2.41. The predicted octanol–water partition coefficient (Wildman–Crippen LogP) is 5.98. The van der Waals surface area contributed by atoms with Crippen LogP contribution in [-0.4, -0.2) is 66.5 Å². The Labute approximate surface area is 209 Å². The highest BCUT2D eigenvalue weighted by Gasteiger charge is 2.40. The fraction of sp³-hybridized carbons (Fsp3) is 0.500. The zero-order valence-electron chi connectivity index (χ0n) is 21.0. The summed E-state index contributed by atoms with van der Waals surface area (Å²) < 4.78 is 64.3. The molecule has 8 heteroatoms. The molecule has 1 fully saturated rings. The summed E-state index contributed by atoms with van der Waals surface area (Å²) in [6, 6.07) is 9.42. The molecule has 36 heavy (non-hydrogen) atoms. The Morgan fingerprint density at radius 1 is 1.06 bits per heavy atom. The average Bonchev–Trinajstić information content (AvgIpc) is 3.15. The number of ether oxygens (including phenoxy) is 1. The molecule has 2 aromatic carbocycles. The van der Waals surface area contributed by atoms with E-state index in [1.807, 2.05) is 34.1 Å². The van der Waals surface area contributed by atoms with Crippen LogP contribution in [0.3, 0.4) is 0 Å². The first kappa shape index (κ1) is 25.1. The Hall–Kier alpha value is -2.58. The topological polar surface area (TPSA) is 31.5 Å². The molecule has 2 aliphatic heterocycles. The number of aromatic amines is 1. The molecule has 0 spiro atoms. The van der Waals surface area contributed by atoms with Gasteiger partial charge in [0, 0.05) is 72.9 Å². The lowest BCUT2D eigenvalue weighted by molar-refractivity contribution is 0.0667. The van der Waals surface area contributed by atoms with Crippen molar-refractivity contribution >= 4 is 10.9 Å². The van der Waals surface area contributed by atoms with Crippen molar-refractivity contribution in [1.82, 2.24) is 14.8 Å². The van der Waals surface area contributed by atoms with E-state index >= 15 is 8.78 Å². The maximum Gasteiger partial charge on any atom is 0.135 e. The van der Waals surface area contributed by atoms with Crippen molar-refractivity contribution in [3.8, 4) is 5.75 Å². The van der Waals surface area contributed by atoms with E-state index < -0.39 is 23.3 Å². The van der Waals surface area contributed by atoms with Gasteiger partial charge in [0.25, 0.3) is 0 Å². The van der Waals surface area contributed by atoms with Crippen LogP contribution < -0.4 is 4.74 Å². The summed E-state index contributed by atoms with van der Waals surface area (Å²) in [5, 5.41) is 1.02. The van der Waals surface area contributed by atoms with Gasteiger partial charge in [-0.1, -0.05) is 25.1 Å². The van der Waals surface area contributed by atoms with Gasteiger partial charge in [-0.05, 0) is 31.4 Å². The van der Waals surface area contributed by atoms with Gasteiger partial charge in [-0.3, -0.25) is 14.2 Å². The highest BCUT2D eigenvalue weighted by molar-refractivity contribution is 5.86. The zero-order valence-corrected chi connectivity index (χ0v) is 21.0. The number of H-pyrrole nitrogens is 1. The Balaban J connectivity index is 1.46. The predicted molar refractivity (Wildman–Crippen MR) is 133 cm³/mol. The first-order valence-corrected chi connectivity index (χ1v) is 12.6. The van der Waals surface area contributed by atoms with Gasteiger partial charge in [0.05, 0.1) is 12.7 Å². The van der Waals surface area contributed by atoms with Gasteiger partial charge in [0.15, 0.2) is 0 Å². The minimum Gasteiger partial charge on any atom is -0.492 e. The lowest BCUT2D eigenvalue weighted by atomic mass is 9.85. The van der Waals surface area contributed by atoms with Gasteiger partial charge in [-0.25, -0.2) is 13.2 Å². The minimum atomic E-state index is -1.55. The number of halogens is 4. The van der Waals surface area contributed by atoms with Crippen molar-refractivity contribution in [3.05, 3.63) is 64.9 Å². The number of rotatable bonds is 8. The molecule has 5 rings (SSSR count). The molecule has 1 saturated heterocycles. The summed E-state index contributed by atoms with van der Waals surface area (Å²) in [7, 11) is 0. The maximum atomic E-state index is 15.6. The first-order valence-electron chi connectivity index (χ1n) is 12.6. The molecule has 0 aliphatic carbocycles. The molecule has 0 bridgehead atoms. The van der Waals surface area contributed by atoms with Crippen LogP contribution in [-0.2, 0) is 0 Å². The molecule has 0 radical (unpaired) electrons. The Morgan fingerprint density at radius 2 is 1.75 bits per heavy atom. The number of benzene rings is 2. The average molecular weight is 504 g/mol. The summed E-state index contributed by atoms with van der Waals surface area (Å²) in [4.78, 5) is 7.26. The molecule has 0 saturated carbocycles. The molecule has 194 valence electrons. The van der Waals surface area contributed by atoms with Gasteiger partial charge in [0.1, 0.15) is 29.7 Å². The molecule has 4 nitrogen and oxygen atoms in total. The number of nitrogens with one attached hydrogen (secondary N) is 1. The van der Waals surface area contributed by atoms with E-state index in [2.05, 4.69) is 11.9 Å². The SMILES string of the molecule is C[C@H]1CN(CC(C)(C)F)[C@H](c2c(F)cc(OCCN3CC(CF)C3)cc2F)c2[nH]c3ccccc3c21. The Bertz CT molecular complexity index is 1210. The molecule has 1 N–H and O–H groups in total. The summed E-state index contributed by atoms with van der Waals surface area (Å²) >= 11 is 0. The number of nitrogens with zero attached hydrogens (tertiary/aromatic N) is 2. The second kappa shape index (κ2) is 9.71. The van der Waals surface area contributed by atoms with Crippen LogP contribution in [0.25, 0.3) is 10.9 Å². The quantitative estimate of drug-likeness (QED) is 0.384. The molecule has 2 aliphatic rings. The van der Waals surface area contributed by atoms with E-state index in [0.29, 0.717) is 31.9 Å². The van der Waals surface area contributed by atoms with Crippen molar-refractivity contribution < 1.29 is 22.3 Å². The number of para-hydroxylation sites is 1. The summed E-state index contributed by atoms with van der Waals surface area (Å²) in [5.74, 6) is -1.21. The maximum absolute atomic E-state index is 15.6. The Kier molecular flexibility index (Phi) is 6.76. The van der Waals surface area contributed by atoms with Crippen LogP contribution in [0.2, 0.25) is 0 Å². The van der Waals surface area contributed by atoms with Gasteiger partial charge >= 0.3 is 0 Å². The monoisotopic (exact) mass is 503 g/mol. The van der Waals surface area contributed by atoms with E-state index in [-0.39, 0.29) is 43.0 Å². The van der Waals surface area contributed by atoms with Gasteiger partial charge < -0.3 is 9.72 Å². The third-order valence-corrected chi connectivity index (χ3v) is 7.25. The molecule has 0 unspecified atom stereocenters. The van der Waals surface area contributed by atoms with E-state index in [4.69, 9.17) is 4.74 Å². The van der Waals surface area contributed by atoms with E-state index in [9.17, 15) is 8.78 Å². The molecule has 2 atom stereocenters. The highest BCUT2D eigenvalue weighted by atomic mass is 19.1. The van der Waals surface area contributed by atoms with Crippen LogP contribution in [0.1, 0.15) is 49.6 Å². The van der Waals surface area contributed by atoms with Crippen LogP contribution in [0, 0.1) is 17.6 Å². The van der Waals surface area contributed by atoms with Crippen LogP contribution in [0.5, 0.6) is 5.75 Å². The second-order valence-electron chi connectivity index (χ2n) is 10.9. The van der Waals surface area contributed by atoms with Gasteiger partial charge in [-0.2, -0.15) is 0 Å². The van der Waals surface area contributed by atoms with Crippen molar-refractivity contribution in [2.45, 2.75) is 38.4 Å². The molecule has 3 heterocycles. The fourth-order valence-corrected chi connectivity index (χ4v) is 5.78. The third-order valence-electron chi connectivity index (χ3n) is 7.25. The summed E-state index contributed by atoms with van der Waals surface area (Å²) in [6.45, 7) is 7.37. The normalized spacial score (nSPS) is 21.5. The number of hydrogen-bond acceptors (Lipinski definition) is 3. The number of likely N-dealkylation sites (tertiary alicyclic amines) is 1. The second-order valence-corrected chi connectivity index (χ2v) is 10.9. The smallest absolute Gasteiger partial charge is 0.135 e. The standard InChI is InChI=1S/C28H33F4N3O/c1-17-13-35(16-28(2,3)32)27(26-24(17)20-6-4-5-7-23(20)33-26)25-21(30)10-19(11-22(25)31)36-9-8-34-14-18(12-29)15-34/h4-7,10-11,17-18,27,33H,8-9,12-16H2,1-3H3/t17-,27+/m0/s1. The van der Waals surface area contributed by atoms with Crippen LogP contribution in [0.4, 0.5) is 17.6 Å². The number of aromatic nitrogens is 1. The molecule has 3 aromatic rings. The van der Waals surface area contributed by atoms with Crippen LogP contribution >= 0.6 is 0 Å². The van der Waals surface area contributed by atoms with Crippen molar-refractivity contribution in [1.29, 1.82) is 0 Å². The summed E-state index contributed by atoms with van der Waals surface area (Å²) in [6.07, 6.45) is 0. The third kappa shape index (κ3) is 4.85. The van der Waals surface area contributed by atoms with Gasteiger partial charge in [-0.15, -0.1) is 0 Å². The largest absolute Gasteiger partial charge is 0.492 e. The van der Waals surface area contributed by atoms with Crippen LogP contribution in [0.15, 0.2) is 36.4 Å². The molecule has 1 aromatic heterocycles. The summed E-state index contributed by atoms with van der Waals surface area (Å²) in [5.41, 5.74) is 0.951. The molecule has 0 amide bonds. The highest BCUT2D eigenvalue weighted by Crippen LogP contribution is 2.45. The molecular weight excluding hydrogens is 470 g/mol. The fourth-order valence-electron chi connectivity index (χ4n) is 5.78. The van der Waals surface area contributed by atoms with Gasteiger partial charge in [0.2, 0.25) is 0 Å². The van der Waals surface area contributed by atoms with E-state index in [1.54, 1.807) is 0 Å². The van der Waals surface area contributed by atoms with E-state index in [1.165, 1.54) is 26.0 Å². The zero-order chi connectivity index (χ0) is 25.6. The number of fused-ring (bicyclic) bond motifs is 3. The minimum absolute atomic E-state index is 0.0314. The van der Waals surface area contributed by atoms with E-state index in [0.717, 1.165) is 16.5 Å². The Morgan fingerprint density at radius 3 is 2.42 bits per heavy atom. The van der Waals surface area contributed by atoms with Crippen molar-refractivity contribution in [2.75, 3.05) is 46.0 Å². The number of hydrogen-bond donors (Lipinski definition) is 1. The molecular formula is C28H33F4N3O. The van der Waals surface area contributed by atoms with Crippen molar-refractivity contribution in [2.24, 2.45) is 5.92 Å². The van der Waals surface area contributed by atoms with Crippen molar-refractivity contribution in [3.63, 3.8) is 0 Å². The first-order chi connectivity index (χ1) is 17.1.